The number of thiazole rings is 1. The van der Waals surface area contributed by atoms with Crippen molar-refractivity contribution in [1.82, 2.24) is 10.3 Å². The number of nitrogens with zero attached hydrogens (tertiary/aromatic N) is 2. The minimum absolute atomic E-state index is 0.143. The van der Waals surface area contributed by atoms with Crippen molar-refractivity contribution < 1.29 is 9.59 Å². The van der Waals surface area contributed by atoms with Gasteiger partial charge in [0.15, 0.2) is 0 Å². The Bertz CT molecular complexity index is 746. The standard InChI is InChI=1S/C16H16BrN3O2S/c1-10-9-23-14(19-10)8-18-15(21)13-5-6-20(16(13)22)12-4-2-3-11(17)7-12/h2-4,7,9,13H,5-6,8H2,1H3,(H,18,21). The van der Waals surface area contributed by atoms with Gasteiger partial charge in [0.25, 0.3) is 0 Å². The van der Waals surface area contributed by atoms with E-state index in [1.807, 2.05) is 36.6 Å². The number of aryl methyl sites for hydroxylation is 1. The summed E-state index contributed by atoms with van der Waals surface area (Å²) in [6, 6.07) is 7.55. The van der Waals surface area contributed by atoms with E-state index >= 15 is 0 Å². The summed E-state index contributed by atoms with van der Waals surface area (Å²) in [5.41, 5.74) is 1.76. The lowest BCUT2D eigenvalue weighted by molar-refractivity contribution is -0.132. The Morgan fingerprint density at radius 2 is 2.35 bits per heavy atom. The maximum Gasteiger partial charge on any atom is 0.239 e. The second-order valence-corrected chi connectivity index (χ2v) is 7.27. The Morgan fingerprint density at radius 1 is 1.52 bits per heavy atom. The number of halogens is 1. The molecule has 1 unspecified atom stereocenters. The first kappa shape index (κ1) is 16.1. The normalized spacial score (nSPS) is 17.6. The summed E-state index contributed by atoms with van der Waals surface area (Å²) in [6.45, 7) is 2.85. The van der Waals surface area contributed by atoms with Crippen LogP contribution in [0.1, 0.15) is 17.1 Å². The van der Waals surface area contributed by atoms with E-state index in [2.05, 4.69) is 26.2 Å². The summed E-state index contributed by atoms with van der Waals surface area (Å²) < 4.78 is 0.912. The summed E-state index contributed by atoms with van der Waals surface area (Å²) in [5.74, 6) is -0.980. The molecule has 1 aromatic heterocycles. The predicted octanol–water partition coefficient (Wildman–Crippen LogP) is 2.88. The third-order valence-corrected chi connectivity index (χ3v) is 5.18. The minimum Gasteiger partial charge on any atom is -0.349 e. The van der Waals surface area contributed by atoms with E-state index < -0.39 is 5.92 Å². The minimum atomic E-state index is -0.616. The van der Waals surface area contributed by atoms with E-state index in [1.165, 1.54) is 11.3 Å². The summed E-state index contributed by atoms with van der Waals surface area (Å²) >= 11 is 4.91. The molecule has 1 aromatic carbocycles. The van der Waals surface area contributed by atoms with Crippen LogP contribution in [0.4, 0.5) is 5.69 Å². The number of aromatic nitrogens is 1. The SMILES string of the molecule is Cc1csc(CNC(=O)C2CCN(c3cccc(Br)c3)C2=O)n1. The highest BCUT2D eigenvalue weighted by molar-refractivity contribution is 9.10. The Morgan fingerprint density at radius 3 is 3.04 bits per heavy atom. The molecule has 23 heavy (non-hydrogen) atoms. The van der Waals surface area contributed by atoms with Gasteiger partial charge in [-0.1, -0.05) is 22.0 Å². The number of anilines is 1. The molecule has 2 aromatic rings. The quantitative estimate of drug-likeness (QED) is 0.812. The molecule has 2 amide bonds. The zero-order chi connectivity index (χ0) is 16.4. The third-order valence-electron chi connectivity index (χ3n) is 3.72. The van der Waals surface area contributed by atoms with E-state index in [-0.39, 0.29) is 11.8 Å². The fourth-order valence-electron chi connectivity index (χ4n) is 2.59. The second kappa shape index (κ2) is 6.80. The van der Waals surface area contributed by atoms with Crippen LogP contribution in [-0.4, -0.2) is 23.3 Å². The smallest absolute Gasteiger partial charge is 0.239 e. The Hall–Kier alpha value is -1.73. The van der Waals surface area contributed by atoms with Gasteiger partial charge < -0.3 is 10.2 Å². The van der Waals surface area contributed by atoms with E-state index in [1.54, 1.807) is 4.90 Å². The van der Waals surface area contributed by atoms with Gasteiger partial charge in [-0.2, -0.15) is 0 Å². The van der Waals surface area contributed by atoms with E-state index in [9.17, 15) is 9.59 Å². The van der Waals surface area contributed by atoms with Crippen LogP contribution in [0.3, 0.4) is 0 Å². The first-order chi connectivity index (χ1) is 11.0. The van der Waals surface area contributed by atoms with Gasteiger partial charge in [0.1, 0.15) is 10.9 Å². The number of carbonyl (C=O) groups is 2. The van der Waals surface area contributed by atoms with E-state index in [4.69, 9.17) is 0 Å². The summed E-state index contributed by atoms with van der Waals surface area (Å²) in [4.78, 5) is 30.8. The van der Waals surface area contributed by atoms with Crippen LogP contribution in [0, 0.1) is 12.8 Å². The molecule has 1 fully saturated rings. The van der Waals surface area contributed by atoms with Gasteiger partial charge in [0.05, 0.1) is 6.54 Å². The summed E-state index contributed by atoms with van der Waals surface area (Å²) in [7, 11) is 0. The average molecular weight is 394 g/mol. The molecule has 0 spiro atoms. The highest BCUT2D eigenvalue weighted by atomic mass is 79.9. The van der Waals surface area contributed by atoms with Crippen molar-refractivity contribution in [2.24, 2.45) is 5.92 Å². The maximum absolute atomic E-state index is 12.5. The highest BCUT2D eigenvalue weighted by Crippen LogP contribution is 2.27. The van der Waals surface area contributed by atoms with Crippen molar-refractivity contribution in [2.75, 3.05) is 11.4 Å². The van der Waals surface area contributed by atoms with E-state index in [0.29, 0.717) is 19.5 Å². The molecule has 1 atom stereocenters. The number of hydrogen-bond donors (Lipinski definition) is 1. The Labute approximate surface area is 146 Å². The number of carbonyl (C=O) groups excluding carboxylic acids is 2. The van der Waals surface area contributed by atoms with Gasteiger partial charge >= 0.3 is 0 Å². The molecule has 1 aliphatic heterocycles. The molecule has 0 radical (unpaired) electrons. The lowest BCUT2D eigenvalue weighted by Crippen LogP contribution is -2.36. The van der Waals surface area contributed by atoms with E-state index in [0.717, 1.165) is 20.9 Å². The fraction of sp³-hybridized carbons (Fsp3) is 0.312. The molecule has 5 nitrogen and oxygen atoms in total. The molecule has 0 saturated carbocycles. The maximum atomic E-state index is 12.5. The number of hydrogen-bond acceptors (Lipinski definition) is 4. The number of amides is 2. The number of rotatable bonds is 4. The van der Waals surface area contributed by atoms with Gasteiger partial charge in [-0.3, -0.25) is 9.59 Å². The molecule has 1 aliphatic rings. The Balaban J connectivity index is 1.63. The van der Waals surface area contributed by atoms with Crippen molar-refractivity contribution in [2.45, 2.75) is 19.9 Å². The van der Waals surface area contributed by atoms with Crippen molar-refractivity contribution in [3.63, 3.8) is 0 Å². The van der Waals surface area contributed by atoms with Gasteiger partial charge in [0, 0.05) is 27.8 Å². The van der Waals surface area contributed by atoms with Crippen LogP contribution < -0.4 is 10.2 Å². The number of nitrogens with one attached hydrogen (secondary N) is 1. The van der Waals surface area contributed by atoms with Crippen LogP contribution in [0.2, 0.25) is 0 Å². The summed E-state index contributed by atoms with van der Waals surface area (Å²) in [6.07, 6.45) is 0.536. The van der Waals surface area contributed by atoms with Gasteiger partial charge in [0.2, 0.25) is 11.8 Å². The second-order valence-electron chi connectivity index (χ2n) is 5.41. The van der Waals surface area contributed by atoms with Gasteiger partial charge in [-0.05, 0) is 31.5 Å². The molecule has 1 N–H and O–H groups in total. The van der Waals surface area contributed by atoms with Crippen LogP contribution >= 0.6 is 27.3 Å². The van der Waals surface area contributed by atoms with Crippen molar-refractivity contribution in [1.29, 1.82) is 0 Å². The number of benzene rings is 1. The molecule has 3 rings (SSSR count). The van der Waals surface area contributed by atoms with Gasteiger partial charge in [-0.15, -0.1) is 11.3 Å². The first-order valence-electron chi connectivity index (χ1n) is 7.30. The molecular formula is C16H16BrN3O2S. The molecule has 1 saturated heterocycles. The van der Waals surface area contributed by atoms with Crippen molar-refractivity contribution in [3.8, 4) is 0 Å². The van der Waals surface area contributed by atoms with Crippen molar-refractivity contribution in [3.05, 3.63) is 44.8 Å². The average Bonchev–Trinajstić information content (AvgIpc) is 3.11. The largest absolute Gasteiger partial charge is 0.349 e. The van der Waals surface area contributed by atoms with Crippen molar-refractivity contribution >= 4 is 44.8 Å². The highest BCUT2D eigenvalue weighted by Gasteiger charge is 2.37. The zero-order valence-electron chi connectivity index (χ0n) is 12.6. The van der Waals surface area contributed by atoms with Crippen LogP contribution in [-0.2, 0) is 16.1 Å². The molecule has 7 heteroatoms. The monoisotopic (exact) mass is 393 g/mol. The molecule has 0 aliphatic carbocycles. The molecule has 120 valence electrons. The van der Waals surface area contributed by atoms with Crippen LogP contribution in [0.5, 0.6) is 0 Å². The summed E-state index contributed by atoms with van der Waals surface area (Å²) in [5, 5.41) is 5.61. The lowest BCUT2D eigenvalue weighted by atomic mass is 10.1. The predicted molar refractivity (Wildman–Crippen MR) is 93.3 cm³/mol. The molecule has 0 bridgehead atoms. The van der Waals surface area contributed by atoms with Gasteiger partial charge in [-0.25, -0.2) is 4.98 Å². The lowest BCUT2D eigenvalue weighted by Gasteiger charge is -2.17. The fourth-order valence-corrected chi connectivity index (χ4v) is 3.69. The molecule has 2 heterocycles. The Kier molecular flexibility index (Phi) is 4.77. The first-order valence-corrected chi connectivity index (χ1v) is 8.97. The van der Waals surface area contributed by atoms with Crippen LogP contribution in [0.15, 0.2) is 34.1 Å². The third kappa shape index (κ3) is 3.61. The van der Waals surface area contributed by atoms with Crippen LogP contribution in [0.25, 0.3) is 0 Å². The molecular weight excluding hydrogens is 378 g/mol. The zero-order valence-corrected chi connectivity index (χ0v) is 15.0. The topological polar surface area (TPSA) is 62.3 Å².